The fourth-order valence-corrected chi connectivity index (χ4v) is 4.18. The van der Waals surface area contributed by atoms with Gasteiger partial charge in [-0.05, 0) is 11.6 Å². The molecule has 0 unspecified atom stereocenters. The van der Waals surface area contributed by atoms with Crippen LogP contribution in [0.5, 0.6) is 0 Å². The summed E-state index contributed by atoms with van der Waals surface area (Å²) in [4.78, 5) is 28.1. The van der Waals surface area contributed by atoms with Crippen molar-refractivity contribution in [1.29, 1.82) is 0 Å². The monoisotopic (exact) mass is 337 g/mol. The summed E-state index contributed by atoms with van der Waals surface area (Å²) in [5.74, 6) is 0.750. The molecule has 1 aromatic carbocycles. The lowest BCUT2D eigenvalue weighted by Gasteiger charge is -2.11. The van der Waals surface area contributed by atoms with Gasteiger partial charge in [0.05, 0.1) is 18.7 Å². The maximum absolute atomic E-state index is 12.3. The van der Waals surface area contributed by atoms with Crippen LogP contribution in [0.25, 0.3) is 0 Å². The van der Waals surface area contributed by atoms with Crippen molar-refractivity contribution in [3.63, 3.8) is 0 Å². The Hall–Kier alpha value is -1.47. The van der Waals surface area contributed by atoms with Crippen molar-refractivity contribution in [1.82, 2.24) is 0 Å². The highest BCUT2D eigenvalue weighted by molar-refractivity contribution is 8.38. The Morgan fingerprint density at radius 3 is 3.05 bits per heavy atom. The van der Waals surface area contributed by atoms with E-state index in [9.17, 15) is 9.59 Å². The molecule has 5 nitrogen and oxygen atoms in total. The van der Waals surface area contributed by atoms with Crippen LogP contribution in [-0.2, 0) is 20.0 Å². The molecular formula is C15H15NO4S2. The van der Waals surface area contributed by atoms with Gasteiger partial charge in [-0.15, -0.1) is 0 Å². The van der Waals surface area contributed by atoms with Gasteiger partial charge >= 0.3 is 11.9 Å². The van der Waals surface area contributed by atoms with Gasteiger partial charge in [0.1, 0.15) is 4.38 Å². The number of aliphatic imine (C=N–C) groups is 1. The van der Waals surface area contributed by atoms with Crippen molar-refractivity contribution in [3.05, 3.63) is 35.4 Å². The number of thioether (sulfide) groups is 2. The third-order valence-electron chi connectivity index (χ3n) is 3.28. The van der Waals surface area contributed by atoms with Crippen molar-refractivity contribution >= 4 is 39.8 Å². The Balaban J connectivity index is 1.67. The summed E-state index contributed by atoms with van der Waals surface area (Å²) in [5, 5.41) is 0. The highest BCUT2D eigenvalue weighted by Crippen LogP contribution is 2.27. The van der Waals surface area contributed by atoms with Gasteiger partial charge in [0, 0.05) is 17.9 Å². The lowest BCUT2D eigenvalue weighted by Crippen LogP contribution is -2.23. The first-order valence-corrected chi connectivity index (χ1v) is 8.97. The van der Waals surface area contributed by atoms with Crippen LogP contribution in [0, 0.1) is 0 Å². The van der Waals surface area contributed by atoms with E-state index in [1.54, 1.807) is 35.7 Å². The Bertz CT molecular complexity index is 617. The lowest BCUT2D eigenvalue weighted by molar-refractivity contribution is -0.145. The first-order valence-electron chi connectivity index (χ1n) is 6.99. The van der Waals surface area contributed by atoms with Crippen LogP contribution in [0.15, 0.2) is 29.3 Å². The van der Waals surface area contributed by atoms with E-state index in [1.807, 2.05) is 12.1 Å². The first-order chi connectivity index (χ1) is 10.7. The molecule has 0 bridgehead atoms. The molecule has 2 aliphatic rings. The summed E-state index contributed by atoms with van der Waals surface area (Å²) in [6.45, 7) is 1.17. The molecule has 1 saturated heterocycles. The van der Waals surface area contributed by atoms with E-state index < -0.39 is 18.0 Å². The van der Waals surface area contributed by atoms with Crippen molar-refractivity contribution in [2.45, 2.75) is 18.3 Å². The maximum atomic E-state index is 12.3. The van der Waals surface area contributed by atoms with Gasteiger partial charge in [-0.3, -0.25) is 4.99 Å². The molecule has 3 rings (SSSR count). The third kappa shape index (κ3) is 3.64. The standard InChI is InChI=1S/C15H15NO4S2/c17-13(20-12-5-7-19-14(12)18)11-4-2-1-3-10(11)9-22-15-16-6-8-21-15/h1-4,12H,5-9H2/t12-/m0/s1. The number of esters is 2. The summed E-state index contributed by atoms with van der Waals surface area (Å²) in [7, 11) is 0. The summed E-state index contributed by atoms with van der Waals surface area (Å²) < 4.78 is 11.1. The molecule has 0 radical (unpaired) electrons. The Morgan fingerprint density at radius 2 is 2.32 bits per heavy atom. The minimum Gasteiger partial charge on any atom is -0.463 e. The number of carbonyl (C=O) groups is 2. The van der Waals surface area contributed by atoms with Gasteiger partial charge in [0.2, 0.25) is 6.10 Å². The minimum absolute atomic E-state index is 0.311. The fraction of sp³-hybridized carbons (Fsp3) is 0.400. The van der Waals surface area contributed by atoms with E-state index in [0.717, 1.165) is 22.2 Å². The maximum Gasteiger partial charge on any atom is 0.347 e. The number of nitrogens with zero attached hydrogens (tertiary/aromatic N) is 1. The second-order valence-corrected chi connectivity index (χ2v) is 7.10. The summed E-state index contributed by atoms with van der Waals surface area (Å²) >= 11 is 3.36. The molecule has 0 N–H and O–H groups in total. The predicted octanol–water partition coefficient (Wildman–Crippen LogP) is 2.49. The van der Waals surface area contributed by atoms with Crippen LogP contribution in [0.4, 0.5) is 0 Å². The Morgan fingerprint density at radius 1 is 1.45 bits per heavy atom. The molecular weight excluding hydrogens is 322 g/mol. The average Bonchev–Trinajstić information content (AvgIpc) is 3.18. The smallest absolute Gasteiger partial charge is 0.347 e. The molecule has 2 aliphatic heterocycles. The zero-order valence-corrected chi connectivity index (χ0v) is 13.5. The molecule has 116 valence electrons. The summed E-state index contributed by atoms with van der Waals surface area (Å²) in [6.07, 6.45) is -0.349. The van der Waals surface area contributed by atoms with Crippen LogP contribution < -0.4 is 0 Å². The number of rotatable bonds is 4. The molecule has 22 heavy (non-hydrogen) atoms. The fourth-order valence-electron chi connectivity index (χ4n) is 2.16. The SMILES string of the molecule is O=C(O[C@H]1CCOC1=O)c1ccccc1CSC1=NCCS1. The quantitative estimate of drug-likeness (QED) is 0.787. The average molecular weight is 337 g/mol. The van der Waals surface area contributed by atoms with Gasteiger partial charge in [-0.1, -0.05) is 41.7 Å². The van der Waals surface area contributed by atoms with Gasteiger partial charge < -0.3 is 9.47 Å². The van der Waals surface area contributed by atoms with Crippen LogP contribution in [0.2, 0.25) is 0 Å². The predicted molar refractivity (Wildman–Crippen MR) is 87.3 cm³/mol. The minimum atomic E-state index is -0.775. The Kier molecular flexibility index (Phi) is 5.04. The van der Waals surface area contributed by atoms with Gasteiger partial charge in [0.15, 0.2) is 0 Å². The van der Waals surface area contributed by atoms with Crippen molar-refractivity contribution in [2.24, 2.45) is 4.99 Å². The van der Waals surface area contributed by atoms with E-state index in [2.05, 4.69) is 4.99 Å². The largest absolute Gasteiger partial charge is 0.463 e. The van der Waals surface area contributed by atoms with Crippen molar-refractivity contribution < 1.29 is 19.1 Å². The first kappa shape index (κ1) is 15.4. The van der Waals surface area contributed by atoms with Crippen molar-refractivity contribution in [2.75, 3.05) is 18.9 Å². The van der Waals surface area contributed by atoms with E-state index in [1.165, 1.54) is 0 Å². The van der Waals surface area contributed by atoms with Gasteiger partial charge in [-0.25, -0.2) is 9.59 Å². The molecule has 0 spiro atoms. The van der Waals surface area contributed by atoms with Gasteiger partial charge in [0.25, 0.3) is 0 Å². The molecule has 7 heteroatoms. The second-order valence-electron chi connectivity index (χ2n) is 4.79. The third-order valence-corrected chi connectivity index (χ3v) is 5.58. The molecule has 1 fully saturated rings. The van der Waals surface area contributed by atoms with E-state index in [4.69, 9.17) is 9.47 Å². The molecule has 0 amide bonds. The van der Waals surface area contributed by atoms with Gasteiger partial charge in [-0.2, -0.15) is 0 Å². The summed E-state index contributed by atoms with van der Waals surface area (Å²) in [5.41, 5.74) is 1.39. The number of benzene rings is 1. The van der Waals surface area contributed by atoms with Crippen LogP contribution >= 0.6 is 23.5 Å². The lowest BCUT2D eigenvalue weighted by atomic mass is 10.1. The zero-order valence-electron chi connectivity index (χ0n) is 11.8. The molecule has 2 heterocycles. The molecule has 1 atom stereocenters. The van der Waals surface area contributed by atoms with Crippen molar-refractivity contribution in [3.8, 4) is 0 Å². The highest BCUT2D eigenvalue weighted by Gasteiger charge is 2.31. The molecule has 0 aliphatic carbocycles. The molecule has 0 aromatic heterocycles. The molecule has 0 saturated carbocycles. The van der Waals surface area contributed by atoms with Crippen LogP contribution in [-0.4, -0.2) is 41.3 Å². The highest BCUT2D eigenvalue weighted by atomic mass is 32.2. The number of carbonyl (C=O) groups excluding carboxylic acids is 2. The van der Waals surface area contributed by atoms with E-state index in [-0.39, 0.29) is 0 Å². The van der Waals surface area contributed by atoms with E-state index in [0.29, 0.717) is 24.3 Å². The van der Waals surface area contributed by atoms with Crippen LogP contribution in [0.3, 0.4) is 0 Å². The number of ether oxygens (including phenoxy) is 2. The molecule has 1 aromatic rings. The van der Waals surface area contributed by atoms with Crippen LogP contribution in [0.1, 0.15) is 22.3 Å². The Labute approximate surface area is 136 Å². The van der Waals surface area contributed by atoms with E-state index >= 15 is 0 Å². The second kappa shape index (κ2) is 7.19. The zero-order chi connectivity index (χ0) is 15.4. The topological polar surface area (TPSA) is 65.0 Å². The number of cyclic esters (lactones) is 1. The number of hydrogen-bond donors (Lipinski definition) is 0. The normalized spacial score (nSPS) is 20.6. The summed E-state index contributed by atoms with van der Waals surface area (Å²) in [6, 6.07) is 7.30. The number of hydrogen-bond acceptors (Lipinski definition) is 7.